The maximum Gasteiger partial charge on any atom is 0.249 e. The zero-order chi connectivity index (χ0) is 24.1. The second-order valence-corrected chi connectivity index (χ2v) is 10.0. The first kappa shape index (κ1) is 23.5. The number of hydrogen-bond acceptors (Lipinski definition) is 7. The van der Waals surface area contributed by atoms with Crippen LogP contribution in [0, 0.1) is 11.8 Å². The molecule has 10 nitrogen and oxygen atoms in total. The standard InChI is InChI=1S/C24H34N4O6/c1-23-5-3-7-25(2)20(30)17(23)18-21(31)28(11-14-29)19-22(32)27(8-4-6-24(18,19)34-23)10-9-26-12-15-33-16-13-26/h3-6,17-19,29H,7-16H2,1-2H3/t17-,18+,19?,23+,24+/m1/s1. The van der Waals surface area contributed by atoms with Crippen molar-refractivity contribution in [2.24, 2.45) is 11.8 Å². The van der Waals surface area contributed by atoms with Gasteiger partial charge in [0.2, 0.25) is 17.7 Å². The molecule has 5 atom stereocenters. The molecule has 0 aliphatic carbocycles. The first-order valence-corrected chi connectivity index (χ1v) is 12.1. The highest BCUT2D eigenvalue weighted by Crippen LogP contribution is 2.57. The minimum atomic E-state index is -1.26. The van der Waals surface area contributed by atoms with Gasteiger partial charge in [0.1, 0.15) is 11.6 Å². The van der Waals surface area contributed by atoms with E-state index in [0.29, 0.717) is 39.4 Å². The maximum atomic E-state index is 14.0. The molecule has 186 valence electrons. The Morgan fingerprint density at radius 3 is 2.44 bits per heavy atom. The molecule has 0 aromatic carbocycles. The zero-order valence-corrected chi connectivity index (χ0v) is 19.9. The lowest BCUT2D eigenvalue weighted by Crippen LogP contribution is -2.57. The van der Waals surface area contributed by atoms with Gasteiger partial charge in [0, 0.05) is 52.9 Å². The molecule has 5 aliphatic rings. The van der Waals surface area contributed by atoms with Crippen molar-refractivity contribution in [3.63, 3.8) is 0 Å². The van der Waals surface area contributed by atoms with Gasteiger partial charge in [-0.05, 0) is 6.92 Å². The molecule has 10 heteroatoms. The van der Waals surface area contributed by atoms with Crippen LogP contribution in [0.25, 0.3) is 0 Å². The van der Waals surface area contributed by atoms with Gasteiger partial charge in [-0.25, -0.2) is 0 Å². The number of ether oxygens (including phenoxy) is 2. The fourth-order valence-corrected chi connectivity index (χ4v) is 6.33. The van der Waals surface area contributed by atoms with Crippen molar-refractivity contribution in [1.82, 2.24) is 19.6 Å². The van der Waals surface area contributed by atoms with Crippen molar-refractivity contribution >= 4 is 17.7 Å². The molecule has 5 rings (SSSR count). The third-order valence-corrected chi connectivity index (χ3v) is 7.97. The quantitative estimate of drug-likeness (QED) is 0.495. The SMILES string of the molecule is CN1CC=C[C@]2(C)O[C@]34C=CCN(CCN5CCOCC5)C(=O)C3N(CCO)C(=O)[C@@H]4[C@@H]2C1=O. The molecular weight excluding hydrogens is 440 g/mol. The van der Waals surface area contributed by atoms with Crippen molar-refractivity contribution < 1.29 is 29.0 Å². The van der Waals surface area contributed by atoms with Crippen LogP contribution in [0.3, 0.4) is 0 Å². The minimum Gasteiger partial charge on any atom is -0.395 e. The molecule has 0 bridgehead atoms. The van der Waals surface area contributed by atoms with Gasteiger partial charge in [0.25, 0.3) is 0 Å². The van der Waals surface area contributed by atoms with Gasteiger partial charge in [-0.1, -0.05) is 24.3 Å². The van der Waals surface area contributed by atoms with Crippen molar-refractivity contribution in [3.05, 3.63) is 24.3 Å². The van der Waals surface area contributed by atoms with Crippen LogP contribution in [0.2, 0.25) is 0 Å². The molecule has 1 unspecified atom stereocenters. The fraction of sp³-hybridized carbons (Fsp3) is 0.708. The number of carbonyl (C=O) groups is 3. The predicted octanol–water partition coefficient (Wildman–Crippen LogP) is -1.29. The number of likely N-dealkylation sites (N-methyl/N-ethyl adjacent to an activating group) is 1. The average Bonchev–Trinajstić information content (AvgIpc) is 3.09. The lowest BCUT2D eigenvalue weighted by Gasteiger charge is -2.37. The van der Waals surface area contributed by atoms with Crippen LogP contribution in [0.1, 0.15) is 6.92 Å². The molecule has 3 saturated heterocycles. The Morgan fingerprint density at radius 2 is 1.71 bits per heavy atom. The largest absolute Gasteiger partial charge is 0.395 e. The fourth-order valence-electron chi connectivity index (χ4n) is 6.33. The van der Waals surface area contributed by atoms with Gasteiger partial charge < -0.3 is 29.3 Å². The lowest BCUT2D eigenvalue weighted by molar-refractivity contribution is -0.152. The number of nitrogens with zero attached hydrogens (tertiary/aromatic N) is 4. The van der Waals surface area contributed by atoms with E-state index in [2.05, 4.69) is 4.90 Å². The molecule has 0 aromatic rings. The van der Waals surface area contributed by atoms with E-state index >= 15 is 0 Å². The Balaban J connectivity index is 1.50. The highest BCUT2D eigenvalue weighted by molar-refractivity contribution is 6.00. The summed E-state index contributed by atoms with van der Waals surface area (Å²) in [4.78, 5) is 48.2. The van der Waals surface area contributed by atoms with Crippen molar-refractivity contribution in [2.45, 2.75) is 24.2 Å². The summed E-state index contributed by atoms with van der Waals surface area (Å²) in [5, 5.41) is 9.73. The molecule has 3 amide bonds. The summed E-state index contributed by atoms with van der Waals surface area (Å²) < 4.78 is 12.1. The first-order valence-electron chi connectivity index (χ1n) is 12.1. The summed E-state index contributed by atoms with van der Waals surface area (Å²) in [6.45, 7) is 6.68. The minimum absolute atomic E-state index is 0.0191. The highest BCUT2D eigenvalue weighted by Gasteiger charge is 2.74. The van der Waals surface area contributed by atoms with Gasteiger partial charge >= 0.3 is 0 Å². The van der Waals surface area contributed by atoms with E-state index in [-0.39, 0.29) is 30.9 Å². The number of amides is 3. The van der Waals surface area contributed by atoms with E-state index in [1.54, 1.807) is 16.8 Å². The zero-order valence-electron chi connectivity index (χ0n) is 19.9. The summed E-state index contributed by atoms with van der Waals surface area (Å²) in [5.74, 6) is -2.25. The highest BCUT2D eigenvalue weighted by atomic mass is 16.5. The van der Waals surface area contributed by atoms with E-state index in [9.17, 15) is 19.5 Å². The number of likely N-dealkylation sites (tertiary alicyclic amines) is 1. The van der Waals surface area contributed by atoms with Gasteiger partial charge in [-0.15, -0.1) is 0 Å². The number of fused-ring (bicyclic) bond motifs is 2. The molecule has 3 fully saturated rings. The third kappa shape index (κ3) is 3.50. The Kier molecular flexibility index (Phi) is 6.04. The van der Waals surface area contributed by atoms with E-state index < -0.39 is 29.1 Å². The van der Waals surface area contributed by atoms with Gasteiger partial charge in [-0.3, -0.25) is 19.3 Å². The molecule has 0 aromatic heterocycles. The number of morpholine rings is 1. The number of hydrogen-bond donors (Lipinski definition) is 1. The molecule has 0 saturated carbocycles. The Morgan fingerprint density at radius 1 is 0.971 bits per heavy atom. The van der Waals surface area contributed by atoms with Crippen LogP contribution in [0.4, 0.5) is 0 Å². The van der Waals surface area contributed by atoms with Crippen molar-refractivity contribution in [1.29, 1.82) is 0 Å². The second-order valence-electron chi connectivity index (χ2n) is 10.0. The molecular formula is C24H34N4O6. The summed E-state index contributed by atoms with van der Waals surface area (Å²) in [6.07, 6.45) is 7.49. The van der Waals surface area contributed by atoms with Crippen LogP contribution < -0.4 is 0 Å². The van der Waals surface area contributed by atoms with Crippen LogP contribution in [-0.4, -0.2) is 132 Å². The third-order valence-electron chi connectivity index (χ3n) is 7.97. The van der Waals surface area contributed by atoms with Crippen molar-refractivity contribution in [3.8, 4) is 0 Å². The van der Waals surface area contributed by atoms with Gasteiger partial charge in [0.15, 0.2) is 0 Å². The molecule has 1 N–H and O–H groups in total. The summed E-state index contributed by atoms with van der Waals surface area (Å²) >= 11 is 0. The van der Waals surface area contributed by atoms with Crippen LogP contribution >= 0.6 is 0 Å². The normalized spacial score (nSPS) is 38.1. The van der Waals surface area contributed by atoms with E-state index in [0.717, 1.165) is 13.1 Å². The molecule has 0 radical (unpaired) electrons. The van der Waals surface area contributed by atoms with E-state index in [1.807, 2.05) is 31.2 Å². The molecule has 5 heterocycles. The monoisotopic (exact) mass is 474 g/mol. The number of aliphatic hydroxyl groups excluding tert-OH is 1. The number of rotatable bonds is 5. The Hall–Kier alpha value is -2.27. The first-order chi connectivity index (χ1) is 16.3. The molecule has 34 heavy (non-hydrogen) atoms. The van der Waals surface area contributed by atoms with Crippen molar-refractivity contribution in [2.75, 3.05) is 72.7 Å². The van der Waals surface area contributed by atoms with Crippen LogP contribution in [-0.2, 0) is 23.9 Å². The van der Waals surface area contributed by atoms with E-state index in [1.165, 1.54) is 4.90 Å². The average molecular weight is 475 g/mol. The van der Waals surface area contributed by atoms with Gasteiger partial charge in [-0.2, -0.15) is 0 Å². The topological polar surface area (TPSA) is 103 Å². The number of aliphatic hydroxyl groups is 1. The Bertz CT molecular complexity index is 917. The number of β-amino-alcohol motifs (C(OH)–C–C–N with tert-alkyl or cyclic N) is 1. The number of carbonyl (C=O) groups excluding carboxylic acids is 3. The van der Waals surface area contributed by atoms with E-state index in [4.69, 9.17) is 9.47 Å². The summed E-state index contributed by atoms with van der Waals surface area (Å²) in [6, 6.07) is -0.921. The molecule has 5 aliphatic heterocycles. The Labute approximate surface area is 199 Å². The van der Waals surface area contributed by atoms with Gasteiger partial charge in [0.05, 0.1) is 37.3 Å². The summed E-state index contributed by atoms with van der Waals surface area (Å²) in [5.41, 5.74) is -2.26. The smallest absolute Gasteiger partial charge is 0.249 e. The summed E-state index contributed by atoms with van der Waals surface area (Å²) in [7, 11) is 1.72. The molecule has 1 spiro atoms. The maximum absolute atomic E-state index is 14.0. The second kappa shape index (κ2) is 8.75. The van der Waals surface area contributed by atoms with Crippen LogP contribution in [0.15, 0.2) is 24.3 Å². The predicted molar refractivity (Wildman–Crippen MR) is 122 cm³/mol. The van der Waals surface area contributed by atoms with Crippen LogP contribution in [0.5, 0.6) is 0 Å². The lowest BCUT2D eigenvalue weighted by atomic mass is 9.74.